The number of likely N-dealkylation sites (tertiary alicyclic amines) is 1. The lowest BCUT2D eigenvalue weighted by Crippen LogP contribution is -2.55. The maximum atomic E-state index is 13.9. The number of ketones is 1. The molecular formula is C34H40N4O4. The number of anilines is 1. The fraction of sp³-hybridized carbons (Fsp3) is 0.382. The summed E-state index contributed by atoms with van der Waals surface area (Å²) < 4.78 is 5.29. The minimum absolute atomic E-state index is 0.0124. The highest BCUT2D eigenvalue weighted by Gasteiger charge is 2.34. The summed E-state index contributed by atoms with van der Waals surface area (Å²) in [7, 11) is 1.62. The molecular weight excluding hydrogens is 528 g/mol. The lowest BCUT2D eigenvalue weighted by Gasteiger charge is -2.29. The number of ether oxygens (including phenoxy) is 1. The highest BCUT2D eigenvalue weighted by atomic mass is 16.5. The van der Waals surface area contributed by atoms with E-state index in [9.17, 15) is 14.4 Å². The number of para-hydroxylation sites is 1. The minimum atomic E-state index is -0.706. The van der Waals surface area contributed by atoms with Crippen molar-refractivity contribution < 1.29 is 19.1 Å². The Hall–Kier alpha value is -4.17. The molecule has 0 aliphatic carbocycles. The van der Waals surface area contributed by atoms with E-state index in [4.69, 9.17) is 4.74 Å². The van der Waals surface area contributed by atoms with Gasteiger partial charge >= 0.3 is 0 Å². The van der Waals surface area contributed by atoms with E-state index in [1.807, 2.05) is 72.5 Å². The molecule has 220 valence electrons. The first kappa shape index (κ1) is 29.3. The molecule has 0 unspecified atom stereocenters. The van der Waals surface area contributed by atoms with Gasteiger partial charge < -0.3 is 25.6 Å². The predicted octanol–water partition coefficient (Wildman–Crippen LogP) is 4.13. The number of hydrogen-bond donors (Lipinski definition) is 3. The van der Waals surface area contributed by atoms with Crippen LogP contribution in [0.15, 0.2) is 72.8 Å². The third kappa shape index (κ3) is 6.99. The first-order chi connectivity index (χ1) is 20.4. The zero-order valence-corrected chi connectivity index (χ0v) is 24.4. The van der Waals surface area contributed by atoms with Crippen LogP contribution in [0.2, 0.25) is 0 Å². The van der Waals surface area contributed by atoms with Gasteiger partial charge in [0.15, 0.2) is 5.78 Å². The van der Waals surface area contributed by atoms with Gasteiger partial charge in [-0.1, -0.05) is 55.5 Å². The Morgan fingerprint density at radius 3 is 2.50 bits per heavy atom. The van der Waals surface area contributed by atoms with Crippen molar-refractivity contribution in [3.05, 3.63) is 95.1 Å². The van der Waals surface area contributed by atoms with Crippen LogP contribution in [-0.2, 0) is 29.0 Å². The molecule has 5 rings (SSSR count). The van der Waals surface area contributed by atoms with Crippen molar-refractivity contribution in [1.29, 1.82) is 0 Å². The molecule has 2 heterocycles. The van der Waals surface area contributed by atoms with E-state index in [0.29, 0.717) is 44.5 Å². The van der Waals surface area contributed by atoms with Crippen LogP contribution in [-0.4, -0.2) is 60.8 Å². The van der Waals surface area contributed by atoms with Gasteiger partial charge in [0.25, 0.3) is 0 Å². The molecule has 8 heteroatoms. The van der Waals surface area contributed by atoms with Crippen LogP contribution < -0.4 is 20.7 Å². The van der Waals surface area contributed by atoms with E-state index in [0.717, 1.165) is 35.4 Å². The summed E-state index contributed by atoms with van der Waals surface area (Å²) in [5.74, 6) is 0.582. The summed E-state index contributed by atoms with van der Waals surface area (Å²) in [6.45, 7) is 3.69. The molecule has 0 spiro atoms. The molecule has 42 heavy (non-hydrogen) atoms. The van der Waals surface area contributed by atoms with Gasteiger partial charge in [0.1, 0.15) is 11.8 Å². The van der Waals surface area contributed by atoms with Crippen molar-refractivity contribution >= 4 is 23.3 Å². The monoisotopic (exact) mass is 568 g/mol. The van der Waals surface area contributed by atoms with Crippen molar-refractivity contribution in [3.63, 3.8) is 0 Å². The van der Waals surface area contributed by atoms with Crippen LogP contribution in [0.5, 0.6) is 5.75 Å². The largest absolute Gasteiger partial charge is 0.497 e. The molecule has 2 aliphatic heterocycles. The first-order valence-corrected chi connectivity index (χ1v) is 14.9. The summed E-state index contributed by atoms with van der Waals surface area (Å²) >= 11 is 0. The van der Waals surface area contributed by atoms with Gasteiger partial charge in [0.05, 0.1) is 13.2 Å². The van der Waals surface area contributed by atoms with Gasteiger partial charge in [0, 0.05) is 49.8 Å². The first-order valence-electron chi connectivity index (χ1n) is 14.9. The molecule has 1 fully saturated rings. The Labute approximate surface area is 247 Å². The van der Waals surface area contributed by atoms with Gasteiger partial charge in [0.2, 0.25) is 11.8 Å². The van der Waals surface area contributed by atoms with E-state index in [2.05, 4.69) is 28.1 Å². The van der Waals surface area contributed by atoms with Gasteiger partial charge in [-0.2, -0.15) is 0 Å². The Bertz CT molecular complexity index is 1410. The van der Waals surface area contributed by atoms with Crippen molar-refractivity contribution in [1.82, 2.24) is 15.5 Å². The SMILES string of the molecule is CCCC(=O)c1ccccc1N[C@@H]1CCN(C(=O)[C@@H](Cc2ccc(OC)cc2)NC(=O)[C@H]2Cc3ccccc3CN2)C1. The summed E-state index contributed by atoms with van der Waals surface area (Å²) in [6.07, 6.45) is 3.01. The van der Waals surface area contributed by atoms with E-state index in [1.165, 1.54) is 5.56 Å². The van der Waals surface area contributed by atoms with Crippen LogP contribution in [0, 0.1) is 0 Å². The molecule has 2 aliphatic rings. The van der Waals surface area contributed by atoms with Crippen LogP contribution >= 0.6 is 0 Å². The number of hydrogen-bond acceptors (Lipinski definition) is 6. The number of rotatable bonds is 11. The molecule has 3 aromatic carbocycles. The molecule has 0 radical (unpaired) electrons. The zero-order chi connectivity index (χ0) is 29.5. The number of benzene rings is 3. The lowest BCUT2D eigenvalue weighted by atomic mass is 9.95. The van der Waals surface area contributed by atoms with E-state index in [-0.39, 0.29) is 23.6 Å². The van der Waals surface area contributed by atoms with E-state index >= 15 is 0 Å². The van der Waals surface area contributed by atoms with Crippen molar-refractivity contribution in [3.8, 4) is 5.75 Å². The van der Waals surface area contributed by atoms with E-state index in [1.54, 1.807) is 7.11 Å². The molecule has 0 saturated carbocycles. The van der Waals surface area contributed by atoms with Crippen LogP contribution in [0.1, 0.15) is 53.2 Å². The number of carbonyl (C=O) groups excluding carboxylic acids is 3. The van der Waals surface area contributed by atoms with Gasteiger partial charge in [-0.3, -0.25) is 14.4 Å². The Morgan fingerprint density at radius 1 is 1.00 bits per heavy atom. The number of carbonyl (C=O) groups is 3. The van der Waals surface area contributed by atoms with Crippen LogP contribution in [0.25, 0.3) is 0 Å². The fourth-order valence-electron chi connectivity index (χ4n) is 5.84. The Balaban J connectivity index is 1.28. The van der Waals surface area contributed by atoms with Crippen molar-refractivity contribution in [2.24, 2.45) is 0 Å². The molecule has 0 aromatic heterocycles. The van der Waals surface area contributed by atoms with Gasteiger partial charge in [-0.05, 0) is 60.2 Å². The number of amides is 2. The number of nitrogens with zero attached hydrogens (tertiary/aromatic N) is 1. The van der Waals surface area contributed by atoms with Crippen LogP contribution in [0.3, 0.4) is 0 Å². The Morgan fingerprint density at radius 2 is 1.74 bits per heavy atom. The normalized spacial score (nSPS) is 18.6. The molecule has 1 saturated heterocycles. The lowest BCUT2D eigenvalue weighted by molar-refractivity contribution is -0.136. The maximum absolute atomic E-state index is 13.9. The quantitative estimate of drug-likeness (QED) is 0.301. The molecule has 8 nitrogen and oxygen atoms in total. The Kier molecular flexibility index (Phi) is 9.54. The number of fused-ring (bicyclic) bond motifs is 1. The summed E-state index contributed by atoms with van der Waals surface area (Å²) in [4.78, 5) is 41.9. The highest BCUT2D eigenvalue weighted by molar-refractivity contribution is 6.01. The standard InChI is InChI=1S/C34H40N4O4/c1-3-8-32(39)28-11-6-7-12-29(28)36-26-17-18-38(22-26)34(41)31(19-23-13-15-27(42-2)16-14-23)37-33(40)30-20-24-9-4-5-10-25(24)21-35-30/h4-7,9-16,26,30-31,35-36H,3,8,17-22H2,1-2H3,(H,37,40)/t26-,30-,31-/m1/s1. The molecule has 3 aromatic rings. The number of methoxy groups -OCH3 is 1. The molecule has 0 bridgehead atoms. The maximum Gasteiger partial charge on any atom is 0.245 e. The highest BCUT2D eigenvalue weighted by Crippen LogP contribution is 2.23. The summed E-state index contributed by atoms with van der Waals surface area (Å²) in [6, 6.07) is 22.2. The van der Waals surface area contributed by atoms with Gasteiger partial charge in [-0.25, -0.2) is 0 Å². The molecule has 2 amide bonds. The van der Waals surface area contributed by atoms with E-state index < -0.39 is 12.1 Å². The van der Waals surface area contributed by atoms with Crippen molar-refractivity contribution in [2.75, 3.05) is 25.5 Å². The van der Waals surface area contributed by atoms with Gasteiger partial charge in [-0.15, -0.1) is 0 Å². The third-order valence-corrected chi connectivity index (χ3v) is 8.18. The summed E-state index contributed by atoms with van der Waals surface area (Å²) in [5.41, 5.74) is 4.78. The second kappa shape index (κ2) is 13.7. The van der Waals surface area contributed by atoms with Crippen molar-refractivity contribution in [2.45, 2.75) is 63.7 Å². The minimum Gasteiger partial charge on any atom is -0.497 e. The second-order valence-electron chi connectivity index (χ2n) is 11.2. The third-order valence-electron chi connectivity index (χ3n) is 8.18. The average molecular weight is 569 g/mol. The number of nitrogens with one attached hydrogen (secondary N) is 3. The average Bonchev–Trinajstić information content (AvgIpc) is 3.49. The predicted molar refractivity (Wildman–Crippen MR) is 164 cm³/mol. The topological polar surface area (TPSA) is 99.8 Å². The fourth-order valence-corrected chi connectivity index (χ4v) is 5.84. The van der Waals surface area contributed by atoms with Crippen LogP contribution in [0.4, 0.5) is 5.69 Å². The summed E-state index contributed by atoms with van der Waals surface area (Å²) in [5, 5.41) is 9.93. The number of Topliss-reactive ketones (excluding diaryl/α,β-unsaturated/α-hetero) is 1. The smallest absolute Gasteiger partial charge is 0.245 e. The molecule has 3 atom stereocenters. The zero-order valence-electron chi connectivity index (χ0n) is 24.4. The second-order valence-corrected chi connectivity index (χ2v) is 11.2. The molecule has 3 N–H and O–H groups in total.